The van der Waals surface area contributed by atoms with Crippen molar-refractivity contribution in [2.75, 3.05) is 19.6 Å². The first kappa shape index (κ1) is 21.4. The lowest BCUT2D eigenvalue weighted by atomic mass is 9.86. The van der Waals surface area contributed by atoms with Gasteiger partial charge in [0.2, 0.25) is 0 Å². The summed E-state index contributed by atoms with van der Waals surface area (Å²) in [6.45, 7) is 7.56. The van der Waals surface area contributed by atoms with Crippen LogP contribution in [0.1, 0.15) is 89.5 Å². The van der Waals surface area contributed by atoms with Crippen molar-refractivity contribution in [3.63, 3.8) is 0 Å². The zero-order chi connectivity index (χ0) is 19.8. The fourth-order valence-electron chi connectivity index (χ4n) is 4.85. The van der Waals surface area contributed by atoms with Crippen LogP contribution < -0.4 is 4.74 Å². The number of hydrogen-bond donors (Lipinski definition) is 0. The highest BCUT2D eigenvalue weighted by Gasteiger charge is 2.23. The van der Waals surface area contributed by atoms with Gasteiger partial charge >= 0.3 is 0 Å². The molecule has 0 bridgehead atoms. The lowest BCUT2D eigenvalue weighted by molar-refractivity contribution is -0.119. The normalized spacial score (nSPS) is 24.2. The van der Waals surface area contributed by atoms with Gasteiger partial charge in [0.1, 0.15) is 11.5 Å². The molecular weight excluding hydrogens is 346 g/mol. The molecule has 1 aliphatic heterocycles. The van der Waals surface area contributed by atoms with Gasteiger partial charge < -0.3 is 9.64 Å². The summed E-state index contributed by atoms with van der Waals surface area (Å²) in [4.78, 5) is 14.2. The highest BCUT2D eigenvalue weighted by molar-refractivity contribution is 5.78. The van der Waals surface area contributed by atoms with E-state index in [2.05, 4.69) is 43.0 Å². The zero-order valence-corrected chi connectivity index (χ0v) is 18.0. The molecule has 3 heteroatoms. The van der Waals surface area contributed by atoms with E-state index in [1.54, 1.807) is 0 Å². The van der Waals surface area contributed by atoms with Gasteiger partial charge in [-0.15, -0.1) is 0 Å². The SMILES string of the molecule is CCCC(=O)CCN1CCC(c2ccc(OC3CCC(CC)CC3)cc2)CC1. The summed E-state index contributed by atoms with van der Waals surface area (Å²) in [6, 6.07) is 8.91. The van der Waals surface area contributed by atoms with Crippen molar-refractivity contribution < 1.29 is 9.53 Å². The van der Waals surface area contributed by atoms with Crippen molar-refractivity contribution in [3.8, 4) is 5.75 Å². The molecule has 1 aliphatic carbocycles. The van der Waals surface area contributed by atoms with Crippen LogP contribution in [0.3, 0.4) is 0 Å². The average molecular weight is 386 g/mol. The summed E-state index contributed by atoms with van der Waals surface area (Å²) < 4.78 is 6.24. The highest BCUT2D eigenvalue weighted by Crippen LogP contribution is 2.32. The van der Waals surface area contributed by atoms with Crippen LogP contribution in [0.4, 0.5) is 0 Å². The Morgan fingerprint density at radius 3 is 2.25 bits per heavy atom. The minimum absolute atomic E-state index is 0.410. The summed E-state index contributed by atoms with van der Waals surface area (Å²) in [5, 5.41) is 0. The maximum atomic E-state index is 11.7. The summed E-state index contributed by atoms with van der Waals surface area (Å²) in [5.41, 5.74) is 1.45. The Hall–Kier alpha value is -1.35. The van der Waals surface area contributed by atoms with Gasteiger partial charge in [-0.25, -0.2) is 0 Å². The van der Waals surface area contributed by atoms with Crippen LogP contribution in [0.15, 0.2) is 24.3 Å². The third-order valence-corrected chi connectivity index (χ3v) is 6.85. The van der Waals surface area contributed by atoms with E-state index in [0.29, 0.717) is 17.8 Å². The largest absolute Gasteiger partial charge is 0.490 e. The van der Waals surface area contributed by atoms with E-state index in [9.17, 15) is 4.79 Å². The number of likely N-dealkylation sites (tertiary alicyclic amines) is 1. The predicted octanol–water partition coefficient (Wildman–Crippen LogP) is 5.97. The van der Waals surface area contributed by atoms with Crippen molar-refractivity contribution in [2.45, 2.75) is 90.1 Å². The maximum Gasteiger partial charge on any atom is 0.134 e. The number of ether oxygens (including phenoxy) is 1. The number of benzene rings is 1. The van der Waals surface area contributed by atoms with Crippen LogP contribution in [-0.4, -0.2) is 36.4 Å². The average Bonchev–Trinajstić information content (AvgIpc) is 2.74. The van der Waals surface area contributed by atoms with Gasteiger partial charge in [0, 0.05) is 19.4 Å². The minimum atomic E-state index is 0.410. The maximum absolute atomic E-state index is 11.7. The van der Waals surface area contributed by atoms with Crippen molar-refractivity contribution in [1.82, 2.24) is 4.90 Å². The number of Topliss-reactive ketones (excluding diaryl/α,β-unsaturated/α-hetero) is 1. The van der Waals surface area contributed by atoms with E-state index in [0.717, 1.165) is 50.6 Å². The summed E-state index contributed by atoms with van der Waals surface area (Å²) >= 11 is 0. The fraction of sp³-hybridized carbons (Fsp3) is 0.720. The number of rotatable bonds is 9. The van der Waals surface area contributed by atoms with Crippen molar-refractivity contribution in [1.29, 1.82) is 0 Å². The molecule has 28 heavy (non-hydrogen) atoms. The lowest BCUT2D eigenvalue weighted by Crippen LogP contribution is -2.34. The van der Waals surface area contributed by atoms with Crippen LogP contribution in [0.2, 0.25) is 0 Å². The number of ketones is 1. The first-order chi connectivity index (χ1) is 13.7. The molecule has 3 nitrogen and oxygen atoms in total. The molecule has 1 saturated heterocycles. The second-order valence-corrected chi connectivity index (χ2v) is 8.89. The number of hydrogen-bond acceptors (Lipinski definition) is 3. The fourth-order valence-corrected chi connectivity index (χ4v) is 4.85. The molecule has 1 aromatic rings. The standard InChI is InChI=1S/C25H39NO2/c1-3-5-23(27)16-19-26-17-14-22(15-18-26)21-8-12-25(13-9-21)28-24-10-6-20(4-2)7-11-24/h8-9,12-13,20,22,24H,3-7,10-11,14-19H2,1-2H3. The number of piperidine rings is 1. The molecule has 0 radical (unpaired) electrons. The van der Waals surface area contributed by atoms with Gasteiger partial charge in [0.25, 0.3) is 0 Å². The van der Waals surface area contributed by atoms with E-state index in [1.165, 1.54) is 50.5 Å². The third-order valence-electron chi connectivity index (χ3n) is 6.85. The van der Waals surface area contributed by atoms with Crippen molar-refractivity contribution in [3.05, 3.63) is 29.8 Å². The third kappa shape index (κ3) is 6.34. The van der Waals surface area contributed by atoms with Crippen molar-refractivity contribution >= 4 is 5.78 Å². The van der Waals surface area contributed by atoms with E-state index in [1.807, 2.05) is 0 Å². The molecule has 156 valence electrons. The molecule has 0 spiro atoms. The Labute approximate surface area is 171 Å². The first-order valence-corrected chi connectivity index (χ1v) is 11.7. The Bertz CT molecular complexity index is 581. The number of carbonyl (C=O) groups is 1. The molecule has 1 saturated carbocycles. The predicted molar refractivity (Wildman–Crippen MR) is 116 cm³/mol. The number of nitrogens with zero attached hydrogens (tertiary/aromatic N) is 1. The van der Waals surface area contributed by atoms with Gasteiger partial charge in [0.05, 0.1) is 6.10 Å². The molecular formula is C25H39NO2. The summed E-state index contributed by atoms with van der Waals surface area (Å²) in [5.74, 6) is 3.02. The van der Waals surface area contributed by atoms with Gasteiger partial charge in [-0.1, -0.05) is 32.4 Å². The van der Waals surface area contributed by atoms with Crippen LogP contribution in [0.5, 0.6) is 5.75 Å². The molecule has 0 amide bonds. The monoisotopic (exact) mass is 385 g/mol. The molecule has 0 atom stereocenters. The van der Waals surface area contributed by atoms with Crippen molar-refractivity contribution in [2.24, 2.45) is 5.92 Å². The molecule has 2 aliphatic rings. The van der Waals surface area contributed by atoms with Crippen LogP contribution in [-0.2, 0) is 4.79 Å². The Morgan fingerprint density at radius 1 is 0.964 bits per heavy atom. The summed E-state index contributed by atoms with van der Waals surface area (Å²) in [7, 11) is 0. The zero-order valence-electron chi connectivity index (χ0n) is 18.0. The molecule has 1 aromatic carbocycles. The van der Waals surface area contributed by atoms with E-state index in [-0.39, 0.29) is 0 Å². The molecule has 0 N–H and O–H groups in total. The Morgan fingerprint density at radius 2 is 1.64 bits per heavy atom. The molecule has 2 fully saturated rings. The Balaban J connectivity index is 1.40. The van der Waals surface area contributed by atoms with E-state index in [4.69, 9.17) is 4.74 Å². The minimum Gasteiger partial charge on any atom is -0.490 e. The molecule has 3 rings (SSSR count). The molecule has 1 heterocycles. The van der Waals surface area contributed by atoms with Gasteiger partial charge in [-0.2, -0.15) is 0 Å². The van der Waals surface area contributed by atoms with Gasteiger partial charge in [-0.05, 0) is 87.6 Å². The van der Waals surface area contributed by atoms with Crippen LogP contribution >= 0.6 is 0 Å². The quantitative estimate of drug-likeness (QED) is 0.524. The number of carbonyl (C=O) groups excluding carboxylic acids is 1. The molecule has 0 unspecified atom stereocenters. The second kappa shape index (κ2) is 11.0. The van der Waals surface area contributed by atoms with Gasteiger partial charge in [-0.3, -0.25) is 4.79 Å². The highest BCUT2D eigenvalue weighted by atomic mass is 16.5. The second-order valence-electron chi connectivity index (χ2n) is 8.89. The lowest BCUT2D eigenvalue weighted by Gasteiger charge is -2.32. The van der Waals surface area contributed by atoms with Crippen LogP contribution in [0.25, 0.3) is 0 Å². The van der Waals surface area contributed by atoms with Crippen LogP contribution in [0, 0.1) is 5.92 Å². The first-order valence-electron chi connectivity index (χ1n) is 11.7. The smallest absolute Gasteiger partial charge is 0.134 e. The van der Waals surface area contributed by atoms with E-state index >= 15 is 0 Å². The summed E-state index contributed by atoms with van der Waals surface area (Å²) in [6.07, 6.45) is 11.6. The Kier molecular flexibility index (Phi) is 8.39. The molecule has 0 aromatic heterocycles. The van der Waals surface area contributed by atoms with Gasteiger partial charge in [0.15, 0.2) is 0 Å². The topological polar surface area (TPSA) is 29.5 Å². The van der Waals surface area contributed by atoms with E-state index < -0.39 is 0 Å².